The van der Waals surface area contributed by atoms with Crippen molar-refractivity contribution in [3.8, 4) is 0 Å². The molecule has 0 aliphatic rings. The molecule has 2 N–H and O–H groups in total. The zero-order valence-electron chi connectivity index (χ0n) is 6.34. The average Bonchev–Trinajstić information content (AvgIpc) is 2.04. The van der Waals surface area contributed by atoms with Gasteiger partial charge in [0.1, 0.15) is 0 Å². The molecule has 0 heterocycles. The fourth-order valence-corrected chi connectivity index (χ4v) is 1.54. The third-order valence-electron chi connectivity index (χ3n) is 1.41. The van der Waals surface area contributed by atoms with Crippen LogP contribution in [-0.2, 0) is 6.54 Å². The molecule has 66 valence electrons. The molecular formula is C8H9F2NS. The summed E-state index contributed by atoms with van der Waals surface area (Å²) in [6, 6.07) is 6.92. The van der Waals surface area contributed by atoms with E-state index in [1.807, 2.05) is 0 Å². The first-order valence-electron chi connectivity index (χ1n) is 3.47. The lowest BCUT2D eigenvalue weighted by Crippen LogP contribution is -1.98. The molecule has 0 spiro atoms. The van der Waals surface area contributed by atoms with Crippen LogP contribution in [0.25, 0.3) is 0 Å². The summed E-state index contributed by atoms with van der Waals surface area (Å²) in [5.74, 6) is -2.38. The molecule has 1 aromatic carbocycles. The van der Waals surface area contributed by atoms with E-state index in [4.69, 9.17) is 5.73 Å². The van der Waals surface area contributed by atoms with Crippen molar-refractivity contribution < 1.29 is 8.78 Å². The highest BCUT2D eigenvalue weighted by molar-refractivity contribution is 7.99. The number of alkyl halides is 2. The maximum Gasteiger partial charge on any atom is 0.288 e. The lowest BCUT2D eigenvalue weighted by molar-refractivity contribution is 0.252. The number of halogens is 2. The van der Waals surface area contributed by atoms with Crippen LogP contribution in [0.3, 0.4) is 0 Å². The van der Waals surface area contributed by atoms with E-state index in [9.17, 15) is 8.78 Å². The largest absolute Gasteiger partial charge is 0.326 e. The van der Waals surface area contributed by atoms with Crippen LogP contribution in [0.4, 0.5) is 8.78 Å². The Hall–Kier alpha value is -0.610. The number of rotatable bonds is 3. The Kier molecular flexibility index (Phi) is 3.49. The average molecular weight is 189 g/mol. The van der Waals surface area contributed by atoms with Crippen molar-refractivity contribution in [2.45, 2.75) is 17.2 Å². The topological polar surface area (TPSA) is 26.0 Å². The molecule has 0 aliphatic heterocycles. The van der Waals surface area contributed by atoms with E-state index < -0.39 is 5.76 Å². The van der Waals surface area contributed by atoms with Crippen LogP contribution in [0.2, 0.25) is 0 Å². The van der Waals surface area contributed by atoms with Gasteiger partial charge in [0.15, 0.2) is 0 Å². The molecule has 1 nitrogen and oxygen atoms in total. The highest BCUT2D eigenvalue weighted by atomic mass is 32.2. The van der Waals surface area contributed by atoms with Gasteiger partial charge >= 0.3 is 0 Å². The van der Waals surface area contributed by atoms with Gasteiger partial charge in [-0.2, -0.15) is 8.78 Å². The molecule has 0 unspecified atom stereocenters. The molecule has 4 heteroatoms. The SMILES string of the molecule is NCc1ccccc1SC(F)F. The summed E-state index contributed by atoms with van der Waals surface area (Å²) in [4.78, 5) is 0.565. The van der Waals surface area contributed by atoms with E-state index in [1.165, 1.54) is 0 Å². The summed E-state index contributed by atoms with van der Waals surface area (Å²) in [6.45, 7) is 0.301. The van der Waals surface area contributed by atoms with Crippen LogP contribution in [0.15, 0.2) is 29.2 Å². The molecule has 0 fully saturated rings. The fraction of sp³-hybridized carbons (Fsp3) is 0.250. The van der Waals surface area contributed by atoms with Crippen molar-refractivity contribution in [2.24, 2.45) is 5.73 Å². The standard InChI is InChI=1S/C8H9F2NS/c9-8(10)12-7-4-2-1-3-6(7)5-11/h1-4,8H,5,11H2. The summed E-state index contributed by atoms with van der Waals surface area (Å²) in [5, 5.41) is 0. The van der Waals surface area contributed by atoms with Gasteiger partial charge in [-0.05, 0) is 11.6 Å². The Morgan fingerprint density at radius 3 is 2.58 bits per heavy atom. The van der Waals surface area contributed by atoms with Crippen molar-refractivity contribution in [3.63, 3.8) is 0 Å². The van der Waals surface area contributed by atoms with Crippen LogP contribution >= 0.6 is 11.8 Å². The summed E-state index contributed by atoms with van der Waals surface area (Å²) >= 11 is 0.536. The molecule has 0 bridgehead atoms. The fourth-order valence-electron chi connectivity index (χ4n) is 0.883. The minimum Gasteiger partial charge on any atom is -0.326 e. The summed E-state index contributed by atoms with van der Waals surface area (Å²) in [7, 11) is 0. The van der Waals surface area contributed by atoms with Gasteiger partial charge in [0, 0.05) is 11.4 Å². The molecule has 0 atom stereocenters. The van der Waals surface area contributed by atoms with Crippen molar-refractivity contribution >= 4 is 11.8 Å². The minimum atomic E-state index is -2.38. The second-order valence-electron chi connectivity index (χ2n) is 2.19. The Morgan fingerprint density at radius 2 is 2.00 bits per heavy atom. The smallest absolute Gasteiger partial charge is 0.288 e. The number of hydrogen-bond donors (Lipinski definition) is 1. The van der Waals surface area contributed by atoms with E-state index >= 15 is 0 Å². The first-order valence-corrected chi connectivity index (χ1v) is 4.35. The maximum absolute atomic E-state index is 12.0. The maximum atomic E-state index is 12.0. The van der Waals surface area contributed by atoms with Gasteiger partial charge < -0.3 is 5.73 Å². The lowest BCUT2D eigenvalue weighted by atomic mass is 10.2. The monoisotopic (exact) mass is 189 g/mol. The van der Waals surface area contributed by atoms with E-state index in [-0.39, 0.29) is 0 Å². The molecule has 0 amide bonds. The van der Waals surface area contributed by atoms with Gasteiger partial charge in [-0.15, -0.1) is 0 Å². The van der Waals surface area contributed by atoms with Gasteiger partial charge in [-0.25, -0.2) is 0 Å². The molecule has 0 saturated heterocycles. The minimum absolute atomic E-state index is 0.301. The van der Waals surface area contributed by atoms with Crippen molar-refractivity contribution in [1.82, 2.24) is 0 Å². The van der Waals surface area contributed by atoms with E-state index in [0.717, 1.165) is 5.56 Å². The van der Waals surface area contributed by atoms with Gasteiger partial charge in [0.05, 0.1) is 0 Å². The van der Waals surface area contributed by atoms with Crippen LogP contribution < -0.4 is 5.73 Å². The molecule has 1 aromatic rings. The summed E-state index contributed by atoms with van der Waals surface area (Å²) < 4.78 is 23.9. The quantitative estimate of drug-likeness (QED) is 0.739. The van der Waals surface area contributed by atoms with Gasteiger partial charge in [-0.1, -0.05) is 30.0 Å². The van der Waals surface area contributed by atoms with E-state index in [2.05, 4.69) is 0 Å². The van der Waals surface area contributed by atoms with Crippen LogP contribution in [0.5, 0.6) is 0 Å². The van der Waals surface area contributed by atoms with E-state index in [0.29, 0.717) is 23.2 Å². The number of benzene rings is 1. The molecule has 0 saturated carbocycles. The first kappa shape index (κ1) is 9.48. The van der Waals surface area contributed by atoms with Crippen LogP contribution in [-0.4, -0.2) is 5.76 Å². The third-order valence-corrected chi connectivity index (χ3v) is 2.24. The number of hydrogen-bond acceptors (Lipinski definition) is 2. The predicted molar refractivity (Wildman–Crippen MR) is 46.2 cm³/mol. The molecular weight excluding hydrogens is 180 g/mol. The first-order chi connectivity index (χ1) is 5.74. The molecule has 0 aliphatic carbocycles. The van der Waals surface area contributed by atoms with Gasteiger partial charge in [0.25, 0.3) is 5.76 Å². The molecule has 12 heavy (non-hydrogen) atoms. The second-order valence-corrected chi connectivity index (χ2v) is 3.22. The Balaban J connectivity index is 2.82. The third kappa shape index (κ3) is 2.46. The highest BCUT2D eigenvalue weighted by Gasteiger charge is 2.07. The van der Waals surface area contributed by atoms with Gasteiger partial charge in [0.2, 0.25) is 0 Å². The van der Waals surface area contributed by atoms with Crippen molar-refractivity contribution in [3.05, 3.63) is 29.8 Å². The zero-order valence-corrected chi connectivity index (χ0v) is 7.15. The Morgan fingerprint density at radius 1 is 1.33 bits per heavy atom. The van der Waals surface area contributed by atoms with E-state index in [1.54, 1.807) is 24.3 Å². The molecule has 1 rings (SSSR count). The summed E-state index contributed by atoms with van der Waals surface area (Å²) in [5.41, 5.74) is 6.13. The van der Waals surface area contributed by atoms with Crippen LogP contribution in [0, 0.1) is 0 Å². The zero-order chi connectivity index (χ0) is 8.97. The molecule has 0 aromatic heterocycles. The Bertz CT molecular complexity index is 253. The van der Waals surface area contributed by atoms with Gasteiger partial charge in [-0.3, -0.25) is 0 Å². The number of thioether (sulfide) groups is 1. The highest BCUT2D eigenvalue weighted by Crippen LogP contribution is 2.27. The van der Waals surface area contributed by atoms with Crippen molar-refractivity contribution in [1.29, 1.82) is 0 Å². The Labute approximate surface area is 74.0 Å². The summed E-state index contributed by atoms with van der Waals surface area (Å²) in [6.07, 6.45) is 0. The lowest BCUT2D eigenvalue weighted by Gasteiger charge is -2.04. The molecule has 0 radical (unpaired) electrons. The second kappa shape index (κ2) is 4.42. The predicted octanol–water partition coefficient (Wildman–Crippen LogP) is 2.46. The number of nitrogens with two attached hydrogens (primary N) is 1. The van der Waals surface area contributed by atoms with Crippen molar-refractivity contribution in [2.75, 3.05) is 0 Å². The normalized spacial score (nSPS) is 10.7. The van der Waals surface area contributed by atoms with Crippen LogP contribution in [0.1, 0.15) is 5.56 Å².